The van der Waals surface area contributed by atoms with Gasteiger partial charge in [0.05, 0.1) is 0 Å². The summed E-state index contributed by atoms with van der Waals surface area (Å²) in [5, 5.41) is 3.64. The molecule has 0 bridgehead atoms. The molecular weight excluding hydrogens is 387 g/mol. The first kappa shape index (κ1) is 18.3. The van der Waals surface area contributed by atoms with Gasteiger partial charge in [-0.25, -0.2) is 0 Å². The fourth-order valence-corrected chi connectivity index (χ4v) is 3.86. The topological polar surface area (TPSA) is 30.9 Å². The van der Waals surface area contributed by atoms with E-state index in [1.807, 2.05) is 7.05 Å². The van der Waals surface area contributed by atoms with Crippen molar-refractivity contribution in [3.05, 3.63) is 0 Å². The number of aliphatic imine (C=N–C) groups is 1. The van der Waals surface area contributed by atoms with Crippen molar-refractivity contribution in [3.63, 3.8) is 0 Å². The van der Waals surface area contributed by atoms with E-state index in [1.165, 1.54) is 45.2 Å². The second-order valence-electron chi connectivity index (χ2n) is 7.64. The van der Waals surface area contributed by atoms with Crippen molar-refractivity contribution in [2.24, 2.45) is 16.3 Å². The Morgan fingerprint density at radius 2 is 2.05 bits per heavy atom. The van der Waals surface area contributed by atoms with Crippen molar-refractivity contribution in [2.75, 3.05) is 39.8 Å². The largest absolute Gasteiger partial charge is 0.356 e. The van der Waals surface area contributed by atoms with Crippen LogP contribution in [0.1, 0.15) is 46.0 Å². The van der Waals surface area contributed by atoms with E-state index in [1.54, 1.807) is 0 Å². The number of hydrogen-bond acceptors (Lipinski definition) is 2. The number of likely N-dealkylation sites (tertiary alicyclic amines) is 2. The highest BCUT2D eigenvalue weighted by Gasteiger charge is 2.35. The van der Waals surface area contributed by atoms with E-state index in [0.717, 1.165) is 37.6 Å². The van der Waals surface area contributed by atoms with Crippen molar-refractivity contribution in [1.82, 2.24) is 15.1 Å². The summed E-state index contributed by atoms with van der Waals surface area (Å²) in [6, 6.07) is 0.929. The molecule has 0 amide bonds. The number of rotatable bonds is 4. The number of hydrogen-bond donors (Lipinski definition) is 1. The molecule has 2 heterocycles. The molecular formula is C17H33IN4. The first-order valence-corrected chi connectivity index (χ1v) is 8.83. The Hall–Kier alpha value is -0.0400. The molecule has 3 fully saturated rings. The van der Waals surface area contributed by atoms with Crippen LogP contribution in [0.2, 0.25) is 0 Å². The van der Waals surface area contributed by atoms with Crippen LogP contribution >= 0.6 is 24.0 Å². The summed E-state index contributed by atoms with van der Waals surface area (Å²) in [5.41, 5.74) is 0.480. The lowest BCUT2D eigenvalue weighted by Crippen LogP contribution is -2.43. The summed E-state index contributed by atoms with van der Waals surface area (Å²) in [6.07, 6.45) is 6.78. The summed E-state index contributed by atoms with van der Waals surface area (Å²) in [4.78, 5) is 9.66. The van der Waals surface area contributed by atoms with Crippen LogP contribution < -0.4 is 5.32 Å². The fourth-order valence-electron chi connectivity index (χ4n) is 3.86. The Kier molecular flexibility index (Phi) is 6.39. The predicted molar refractivity (Wildman–Crippen MR) is 104 cm³/mol. The molecule has 5 heteroatoms. The molecule has 3 aliphatic rings. The molecule has 1 N–H and O–H groups in total. The zero-order valence-electron chi connectivity index (χ0n) is 14.5. The molecule has 1 saturated carbocycles. The molecule has 0 radical (unpaired) electrons. The summed E-state index contributed by atoms with van der Waals surface area (Å²) < 4.78 is 0. The fraction of sp³-hybridized carbons (Fsp3) is 0.941. The van der Waals surface area contributed by atoms with Gasteiger partial charge >= 0.3 is 0 Å². The minimum Gasteiger partial charge on any atom is -0.356 e. The van der Waals surface area contributed by atoms with Gasteiger partial charge in [-0.2, -0.15) is 0 Å². The van der Waals surface area contributed by atoms with Crippen LogP contribution in [-0.2, 0) is 0 Å². The molecule has 3 rings (SSSR count). The van der Waals surface area contributed by atoms with Crippen LogP contribution in [0.4, 0.5) is 0 Å². The molecule has 2 saturated heterocycles. The van der Waals surface area contributed by atoms with E-state index < -0.39 is 0 Å². The Bertz CT molecular complexity index is 396. The number of guanidine groups is 1. The average Bonchev–Trinajstić information content (AvgIpc) is 3.11. The van der Waals surface area contributed by atoms with Crippen LogP contribution in [0.15, 0.2) is 4.99 Å². The van der Waals surface area contributed by atoms with Gasteiger partial charge in [0.2, 0.25) is 0 Å². The lowest BCUT2D eigenvalue weighted by atomic mass is 9.87. The van der Waals surface area contributed by atoms with Gasteiger partial charge in [-0.15, -0.1) is 24.0 Å². The minimum absolute atomic E-state index is 0. The predicted octanol–water partition coefficient (Wildman–Crippen LogP) is 2.79. The smallest absolute Gasteiger partial charge is 0.193 e. The maximum Gasteiger partial charge on any atom is 0.193 e. The molecule has 1 aliphatic carbocycles. The van der Waals surface area contributed by atoms with E-state index in [9.17, 15) is 0 Å². The molecule has 4 nitrogen and oxygen atoms in total. The van der Waals surface area contributed by atoms with Gasteiger partial charge in [0, 0.05) is 39.3 Å². The molecule has 2 atom stereocenters. The van der Waals surface area contributed by atoms with Gasteiger partial charge < -0.3 is 15.1 Å². The standard InChI is InChI=1S/C17H32N4.HI/c1-4-17(2)8-10-21(13-17)16(18-3)19-11-14-7-9-20(12-14)15-5-6-15;/h14-15H,4-13H2,1-3H3,(H,18,19);1H. The van der Waals surface area contributed by atoms with Gasteiger partial charge in [0.1, 0.15) is 0 Å². The maximum absolute atomic E-state index is 4.52. The maximum atomic E-state index is 4.52. The first-order chi connectivity index (χ1) is 10.1. The molecule has 0 aromatic rings. The van der Waals surface area contributed by atoms with E-state index in [0.29, 0.717) is 5.41 Å². The second kappa shape index (κ2) is 7.69. The van der Waals surface area contributed by atoms with Crippen molar-refractivity contribution < 1.29 is 0 Å². The molecule has 0 aromatic carbocycles. The number of nitrogens with zero attached hydrogens (tertiary/aromatic N) is 3. The van der Waals surface area contributed by atoms with Crippen LogP contribution in [0.5, 0.6) is 0 Å². The van der Waals surface area contributed by atoms with E-state index in [-0.39, 0.29) is 24.0 Å². The average molecular weight is 420 g/mol. The highest BCUT2D eigenvalue weighted by Crippen LogP contribution is 2.33. The Labute approximate surface area is 153 Å². The van der Waals surface area contributed by atoms with E-state index in [2.05, 4.69) is 34.0 Å². The summed E-state index contributed by atoms with van der Waals surface area (Å²) in [6.45, 7) is 10.7. The Morgan fingerprint density at radius 3 is 2.64 bits per heavy atom. The Balaban J connectivity index is 0.00000176. The third-order valence-corrected chi connectivity index (χ3v) is 5.85. The lowest BCUT2D eigenvalue weighted by Gasteiger charge is -2.26. The number of halogens is 1. The lowest BCUT2D eigenvalue weighted by molar-refractivity contribution is 0.311. The first-order valence-electron chi connectivity index (χ1n) is 8.83. The summed E-state index contributed by atoms with van der Waals surface area (Å²) in [7, 11) is 1.93. The molecule has 128 valence electrons. The van der Waals surface area contributed by atoms with E-state index >= 15 is 0 Å². The van der Waals surface area contributed by atoms with Gasteiger partial charge in [-0.3, -0.25) is 4.99 Å². The van der Waals surface area contributed by atoms with Crippen LogP contribution in [0.25, 0.3) is 0 Å². The molecule has 0 spiro atoms. The monoisotopic (exact) mass is 420 g/mol. The molecule has 2 aliphatic heterocycles. The molecule has 22 heavy (non-hydrogen) atoms. The quantitative estimate of drug-likeness (QED) is 0.431. The summed E-state index contributed by atoms with van der Waals surface area (Å²) >= 11 is 0. The third-order valence-electron chi connectivity index (χ3n) is 5.85. The van der Waals surface area contributed by atoms with Crippen molar-refractivity contribution >= 4 is 29.9 Å². The van der Waals surface area contributed by atoms with Crippen molar-refractivity contribution in [3.8, 4) is 0 Å². The zero-order chi connectivity index (χ0) is 14.9. The zero-order valence-corrected chi connectivity index (χ0v) is 16.8. The van der Waals surface area contributed by atoms with Crippen LogP contribution in [0.3, 0.4) is 0 Å². The molecule has 2 unspecified atom stereocenters. The minimum atomic E-state index is 0. The Morgan fingerprint density at radius 1 is 1.27 bits per heavy atom. The highest BCUT2D eigenvalue weighted by atomic mass is 127. The van der Waals surface area contributed by atoms with Gasteiger partial charge in [0.25, 0.3) is 0 Å². The van der Waals surface area contributed by atoms with Crippen LogP contribution in [-0.4, -0.2) is 61.6 Å². The van der Waals surface area contributed by atoms with E-state index in [4.69, 9.17) is 0 Å². The number of nitrogens with one attached hydrogen (secondary N) is 1. The normalized spacial score (nSPS) is 33.1. The highest BCUT2D eigenvalue weighted by molar-refractivity contribution is 14.0. The summed E-state index contributed by atoms with van der Waals surface area (Å²) in [5.74, 6) is 1.93. The van der Waals surface area contributed by atoms with Crippen LogP contribution in [0, 0.1) is 11.3 Å². The SMILES string of the molecule is CCC1(C)CCN(C(=NC)NCC2CCN(C3CC3)C2)C1.I. The van der Waals surface area contributed by atoms with Gasteiger partial charge in [0.15, 0.2) is 5.96 Å². The molecule has 0 aromatic heterocycles. The second-order valence-corrected chi connectivity index (χ2v) is 7.64. The van der Waals surface area contributed by atoms with Gasteiger partial charge in [-0.05, 0) is 50.0 Å². The van der Waals surface area contributed by atoms with Gasteiger partial charge in [-0.1, -0.05) is 13.8 Å². The van der Waals surface area contributed by atoms with Crippen molar-refractivity contribution in [1.29, 1.82) is 0 Å². The van der Waals surface area contributed by atoms with Crippen molar-refractivity contribution in [2.45, 2.75) is 52.0 Å². The third kappa shape index (κ3) is 4.28.